The van der Waals surface area contributed by atoms with Crippen molar-refractivity contribution in [3.63, 3.8) is 0 Å². The quantitative estimate of drug-likeness (QED) is 0.694. The first-order chi connectivity index (χ1) is 7.48. The summed E-state index contributed by atoms with van der Waals surface area (Å²) in [6.07, 6.45) is 1.06. The Morgan fingerprint density at radius 3 is 2.69 bits per heavy atom. The second-order valence-electron chi connectivity index (χ2n) is 4.74. The molecule has 86 valence electrons. The van der Waals surface area contributed by atoms with Crippen LogP contribution in [0.3, 0.4) is 0 Å². The smallest absolute Gasteiger partial charge is 0.0520 e. The zero-order valence-corrected chi connectivity index (χ0v) is 11.6. The minimum absolute atomic E-state index is 0.197. The first-order valence-corrected chi connectivity index (χ1v) is 6.62. The molecule has 0 saturated carbocycles. The lowest BCUT2D eigenvalue weighted by atomic mass is 9.71. The van der Waals surface area contributed by atoms with Gasteiger partial charge in [-0.3, -0.25) is 0 Å². The van der Waals surface area contributed by atoms with Gasteiger partial charge in [-0.15, -0.1) is 0 Å². The van der Waals surface area contributed by atoms with Crippen LogP contribution in [-0.2, 0) is 6.42 Å². The van der Waals surface area contributed by atoms with Crippen LogP contribution in [0.5, 0.6) is 0 Å². The van der Waals surface area contributed by atoms with Crippen LogP contribution < -0.4 is 0 Å². The van der Waals surface area contributed by atoms with Crippen LogP contribution in [0, 0.1) is 5.92 Å². The molecule has 0 radical (unpaired) electrons. The molecule has 0 bridgehead atoms. The molecule has 0 N–H and O–H groups in total. The Hall–Kier alpha value is -0.340. The fraction of sp³-hybridized carbons (Fsp3) is 0.429. The fourth-order valence-corrected chi connectivity index (χ4v) is 3.28. The minimum Gasteiger partial charge on any atom is -0.174 e. The van der Waals surface area contributed by atoms with Gasteiger partial charge in [0.2, 0.25) is 0 Å². The van der Waals surface area contributed by atoms with E-state index < -0.39 is 0 Å². The summed E-state index contributed by atoms with van der Waals surface area (Å²) < 4.78 is -0.197. The van der Waals surface area contributed by atoms with Crippen molar-refractivity contribution in [2.75, 3.05) is 0 Å². The molecule has 1 aromatic rings. The van der Waals surface area contributed by atoms with Crippen molar-refractivity contribution in [1.29, 1.82) is 0 Å². The Kier molecular flexibility index (Phi) is 3.15. The van der Waals surface area contributed by atoms with E-state index in [-0.39, 0.29) is 10.00 Å². The molecule has 0 heterocycles. The number of hydrogen-bond acceptors (Lipinski definition) is 2. The van der Waals surface area contributed by atoms with Crippen molar-refractivity contribution in [3.05, 3.63) is 42.0 Å². The predicted octanol–water partition coefficient (Wildman–Crippen LogP) is 3.88. The molecule has 0 aromatic heterocycles. The molecule has 2 heteroatoms. The van der Waals surface area contributed by atoms with E-state index in [1.165, 1.54) is 11.1 Å². The highest BCUT2D eigenvalue weighted by molar-refractivity contribution is 7.86. The molecule has 3 atom stereocenters. The molecule has 16 heavy (non-hydrogen) atoms. The number of fused-ring (bicyclic) bond motifs is 1. The van der Waals surface area contributed by atoms with E-state index in [0.717, 1.165) is 12.0 Å². The summed E-state index contributed by atoms with van der Waals surface area (Å²) >= 11 is 9.48. The normalized spacial score (nSPS) is 31.0. The summed E-state index contributed by atoms with van der Waals surface area (Å²) in [7, 11) is 0. The summed E-state index contributed by atoms with van der Waals surface area (Å²) in [5.74, 6) is 0.464. The number of rotatable bonds is 1. The maximum absolute atomic E-state index is 4.88. The highest BCUT2D eigenvalue weighted by Gasteiger charge is 2.43. The van der Waals surface area contributed by atoms with Gasteiger partial charge in [0.1, 0.15) is 0 Å². The monoisotopic (exact) mass is 250 g/mol. The van der Waals surface area contributed by atoms with Gasteiger partial charge in [0.05, 0.1) is 4.75 Å². The Morgan fingerprint density at radius 2 is 2.06 bits per heavy atom. The molecule has 0 saturated heterocycles. The van der Waals surface area contributed by atoms with Crippen molar-refractivity contribution in [1.82, 2.24) is 0 Å². The zero-order valence-electron chi connectivity index (χ0n) is 9.77. The lowest BCUT2D eigenvalue weighted by molar-refractivity contribution is 0.466. The van der Waals surface area contributed by atoms with Gasteiger partial charge in [-0.1, -0.05) is 44.7 Å². The molecule has 1 aromatic carbocycles. The van der Waals surface area contributed by atoms with Gasteiger partial charge in [0.25, 0.3) is 0 Å². The maximum Gasteiger partial charge on any atom is 0.0520 e. The van der Waals surface area contributed by atoms with Crippen LogP contribution in [0.15, 0.2) is 30.8 Å². The van der Waals surface area contributed by atoms with Crippen LogP contribution >= 0.6 is 25.3 Å². The third-order valence-corrected chi connectivity index (χ3v) is 5.45. The highest BCUT2D eigenvalue weighted by Crippen LogP contribution is 2.48. The Bertz CT molecular complexity index is 422. The summed E-state index contributed by atoms with van der Waals surface area (Å²) in [5.41, 5.74) is 3.77. The summed E-state index contributed by atoms with van der Waals surface area (Å²) in [5, 5.41) is 0.201. The Balaban J connectivity index is 2.54. The zero-order chi connectivity index (χ0) is 11.9. The van der Waals surface area contributed by atoms with Crippen molar-refractivity contribution >= 4 is 30.8 Å². The molecule has 0 amide bonds. The van der Waals surface area contributed by atoms with E-state index in [2.05, 4.69) is 57.3 Å². The van der Waals surface area contributed by atoms with Crippen molar-refractivity contribution in [3.8, 4) is 0 Å². The Labute approximate surface area is 109 Å². The van der Waals surface area contributed by atoms with Gasteiger partial charge in [-0.2, -0.15) is 25.3 Å². The summed E-state index contributed by atoms with van der Waals surface area (Å²) in [4.78, 5) is 0. The lowest BCUT2D eigenvalue weighted by Gasteiger charge is -2.44. The maximum atomic E-state index is 4.88. The van der Waals surface area contributed by atoms with E-state index >= 15 is 0 Å². The van der Waals surface area contributed by atoms with Gasteiger partial charge in [0, 0.05) is 5.25 Å². The number of thiol groups is 2. The van der Waals surface area contributed by atoms with E-state index in [9.17, 15) is 0 Å². The van der Waals surface area contributed by atoms with Gasteiger partial charge in [-0.05, 0) is 29.0 Å². The first kappa shape index (κ1) is 12.1. The number of benzene rings is 1. The molecule has 1 aliphatic carbocycles. The molecular weight excluding hydrogens is 232 g/mol. The molecular formula is C14H18S2. The van der Waals surface area contributed by atoms with Crippen LogP contribution in [0.1, 0.15) is 25.0 Å². The molecule has 0 spiro atoms. The van der Waals surface area contributed by atoms with E-state index in [1.807, 2.05) is 0 Å². The standard InChI is InChI=1S/C14H18S2/c1-9-8-12-6-4-5-7-13(12)10(2)14(9,16)11(3)15/h4-7,9,11,15-16H,2,8H2,1,3H3. The van der Waals surface area contributed by atoms with E-state index in [0.29, 0.717) is 5.92 Å². The lowest BCUT2D eigenvalue weighted by Crippen LogP contribution is -2.43. The topological polar surface area (TPSA) is 0 Å². The second kappa shape index (κ2) is 4.15. The summed E-state index contributed by atoms with van der Waals surface area (Å²) in [6.45, 7) is 8.59. The van der Waals surface area contributed by atoms with Crippen LogP contribution in [-0.4, -0.2) is 10.00 Å². The van der Waals surface area contributed by atoms with Gasteiger partial charge < -0.3 is 0 Å². The highest BCUT2D eigenvalue weighted by atomic mass is 32.1. The van der Waals surface area contributed by atoms with Crippen LogP contribution in [0.4, 0.5) is 0 Å². The first-order valence-electron chi connectivity index (χ1n) is 5.66. The molecule has 3 unspecified atom stereocenters. The molecule has 2 rings (SSSR count). The van der Waals surface area contributed by atoms with Crippen LogP contribution in [0.25, 0.3) is 5.57 Å². The molecule has 0 fully saturated rings. The molecule has 1 aliphatic rings. The van der Waals surface area contributed by atoms with E-state index in [4.69, 9.17) is 12.6 Å². The average Bonchev–Trinajstić information content (AvgIpc) is 2.26. The molecule has 0 nitrogen and oxygen atoms in total. The van der Waals surface area contributed by atoms with Gasteiger partial charge in [0.15, 0.2) is 0 Å². The SMILES string of the molecule is C=C1c2ccccc2CC(C)C1(S)C(C)S. The third-order valence-electron chi connectivity index (χ3n) is 3.74. The largest absolute Gasteiger partial charge is 0.174 e. The predicted molar refractivity (Wildman–Crippen MR) is 78.5 cm³/mol. The molecule has 0 aliphatic heterocycles. The average molecular weight is 250 g/mol. The van der Waals surface area contributed by atoms with Crippen molar-refractivity contribution in [2.45, 2.75) is 30.3 Å². The van der Waals surface area contributed by atoms with Crippen molar-refractivity contribution in [2.24, 2.45) is 5.92 Å². The van der Waals surface area contributed by atoms with E-state index in [1.54, 1.807) is 0 Å². The summed E-state index contributed by atoms with van der Waals surface area (Å²) in [6, 6.07) is 8.49. The third kappa shape index (κ3) is 1.63. The Morgan fingerprint density at radius 1 is 1.44 bits per heavy atom. The minimum atomic E-state index is -0.197. The second-order valence-corrected chi connectivity index (χ2v) is 6.26. The fourth-order valence-electron chi connectivity index (χ4n) is 2.66. The van der Waals surface area contributed by atoms with Gasteiger partial charge in [-0.25, -0.2) is 0 Å². The number of hydrogen-bond donors (Lipinski definition) is 2. The van der Waals surface area contributed by atoms with Gasteiger partial charge >= 0.3 is 0 Å². The van der Waals surface area contributed by atoms with Crippen LogP contribution in [0.2, 0.25) is 0 Å². The van der Waals surface area contributed by atoms with Crippen molar-refractivity contribution < 1.29 is 0 Å².